The van der Waals surface area contributed by atoms with E-state index in [0.29, 0.717) is 5.66 Å². The summed E-state index contributed by atoms with van der Waals surface area (Å²) in [6.45, 7) is 2.38. The molecule has 100 valence electrons. The largest absolute Gasteiger partial charge is 0.0804 e. The first kappa shape index (κ1) is 13.3. The first-order chi connectivity index (χ1) is 9.86. The zero-order chi connectivity index (χ0) is 13.8. The van der Waals surface area contributed by atoms with Crippen molar-refractivity contribution < 1.29 is 0 Å². The summed E-state index contributed by atoms with van der Waals surface area (Å²) in [5.74, 6) is 0. The van der Waals surface area contributed by atoms with Crippen LogP contribution >= 0.6 is 7.92 Å². The smallest absolute Gasteiger partial charge is 0.00587 e. The highest BCUT2D eigenvalue weighted by atomic mass is 31.1. The van der Waals surface area contributed by atoms with E-state index in [-0.39, 0.29) is 7.92 Å². The number of benzene rings is 2. The highest BCUT2D eigenvalue weighted by Gasteiger charge is 2.23. The molecule has 0 N–H and O–H groups in total. The maximum absolute atomic E-state index is 2.38. The second-order valence-electron chi connectivity index (χ2n) is 5.09. The van der Waals surface area contributed by atoms with E-state index in [1.165, 1.54) is 10.6 Å². The normalized spacial score (nSPS) is 15.4. The molecule has 3 rings (SSSR count). The minimum absolute atomic E-state index is 0.331. The first-order valence-electron chi connectivity index (χ1n) is 7.11. The molecule has 0 aromatic heterocycles. The van der Waals surface area contributed by atoms with E-state index in [1.54, 1.807) is 5.57 Å². The molecule has 0 aliphatic heterocycles. The second kappa shape index (κ2) is 6.20. The van der Waals surface area contributed by atoms with Crippen LogP contribution in [-0.4, -0.2) is 5.66 Å². The van der Waals surface area contributed by atoms with E-state index in [0.717, 1.165) is 6.42 Å². The van der Waals surface area contributed by atoms with Gasteiger partial charge in [0, 0.05) is 5.66 Å². The Hall–Kier alpha value is -1.65. The van der Waals surface area contributed by atoms with Crippen molar-refractivity contribution in [2.75, 3.05) is 0 Å². The average Bonchev–Trinajstić information content (AvgIpc) is 3.04. The van der Waals surface area contributed by atoms with E-state index >= 15 is 0 Å². The maximum Gasteiger partial charge on any atom is 0.00587 e. The van der Waals surface area contributed by atoms with Gasteiger partial charge in [-0.2, -0.15) is 0 Å². The Bertz CT molecular complexity index is 571. The molecule has 2 aromatic carbocycles. The van der Waals surface area contributed by atoms with Gasteiger partial charge in [0.05, 0.1) is 0 Å². The summed E-state index contributed by atoms with van der Waals surface area (Å²) in [6, 6.07) is 21.9. The molecule has 1 aliphatic rings. The summed E-state index contributed by atoms with van der Waals surface area (Å²) in [5.41, 5.74) is 2.15. The molecule has 1 atom stereocenters. The van der Waals surface area contributed by atoms with E-state index in [4.69, 9.17) is 0 Å². The molecule has 0 saturated carbocycles. The summed E-state index contributed by atoms with van der Waals surface area (Å²) < 4.78 is 0. The minimum atomic E-state index is -0.331. The van der Waals surface area contributed by atoms with Crippen LogP contribution in [0.25, 0.3) is 0 Å². The van der Waals surface area contributed by atoms with Crippen molar-refractivity contribution in [3.63, 3.8) is 0 Å². The lowest BCUT2D eigenvalue weighted by Crippen LogP contribution is -2.20. The van der Waals surface area contributed by atoms with Gasteiger partial charge in [-0.1, -0.05) is 91.4 Å². The van der Waals surface area contributed by atoms with Crippen molar-refractivity contribution in [1.29, 1.82) is 0 Å². The van der Waals surface area contributed by atoms with Gasteiger partial charge >= 0.3 is 0 Å². The van der Waals surface area contributed by atoms with Gasteiger partial charge in [-0.15, -0.1) is 0 Å². The lowest BCUT2D eigenvalue weighted by Gasteiger charge is -2.26. The number of allylic oxidation sites excluding steroid dienone is 4. The minimum Gasteiger partial charge on any atom is -0.0804 e. The van der Waals surface area contributed by atoms with Crippen LogP contribution in [-0.2, 0) is 0 Å². The van der Waals surface area contributed by atoms with Crippen LogP contribution < -0.4 is 10.6 Å². The molecule has 0 amide bonds. The average molecular weight is 278 g/mol. The third-order valence-corrected chi connectivity index (χ3v) is 6.61. The summed E-state index contributed by atoms with van der Waals surface area (Å²) >= 11 is 0. The molecule has 1 aliphatic carbocycles. The summed E-state index contributed by atoms with van der Waals surface area (Å²) in [5, 5.41) is 2.93. The van der Waals surface area contributed by atoms with Crippen LogP contribution in [0, 0.1) is 0 Å². The molecule has 0 spiro atoms. The van der Waals surface area contributed by atoms with Crippen LogP contribution in [0.15, 0.2) is 84.5 Å². The molecular formula is C19H19P. The van der Waals surface area contributed by atoms with Crippen molar-refractivity contribution >= 4 is 18.5 Å². The molecular weight excluding hydrogens is 259 g/mol. The molecule has 0 bridgehead atoms. The summed E-state index contributed by atoms with van der Waals surface area (Å²) in [7, 11) is -0.331. The highest BCUT2D eigenvalue weighted by Crippen LogP contribution is 2.44. The van der Waals surface area contributed by atoms with Crippen LogP contribution in [0.1, 0.15) is 13.3 Å². The van der Waals surface area contributed by atoms with E-state index in [9.17, 15) is 0 Å². The predicted molar refractivity (Wildman–Crippen MR) is 90.4 cm³/mol. The van der Waals surface area contributed by atoms with Crippen LogP contribution in [0.4, 0.5) is 0 Å². The maximum atomic E-state index is 2.38. The van der Waals surface area contributed by atoms with Gasteiger partial charge in [0.15, 0.2) is 0 Å². The number of hydrogen-bond acceptors (Lipinski definition) is 0. The summed E-state index contributed by atoms with van der Waals surface area (Å²) in [6.07, 6.45) is 7.86. The van der Waals surface area contributed by atoms with Crippen molar-refractivity contribution in [1.82, 2.24) is 0 Å². The summed E-state index contributed by atoms with van der Waals surface area (Å²) in [4.78, 5) is 0. The third-order valence-electron chi connectivity index (χ3n) is 3.79. The molecule has 1 heteroatoms. The second-order valence-corrected chi connectivity index (χ2v) is 7.64. The molecule has 0 nitrogen and oxygen atoms in total. The van der Waals surface area contributed by atoms with Gasteiger partial charge < -0.3 is 0 Å². The van der Waals surface area contributed by atoms with Crippen LogP contribution in [0.3, 0.4) is 0 Å². The fraction of sp³-hybridized carbons (Fsp3) is 0.158. The van der Waals surface area contributed by atoms with E-state index < -0.39 is 0 Å². The number of hydrogen-bond donors (Lipinski definition) is 0. The zero-order valence-corrected chi connectivity index (χ0v) is 12.6. The molecule has 0 heterocycles. The molecule has 0 unspecified atom stereocenters. The highest BCUT2D eigenvalue weighted by molar-refractivity contribution is 7.73. The van der Waals surface area contributed by atoms with Crippen LogP contribution in [0.2, 0.25) is 0 Å². The quantitative estimate of drug-likeness (QED) is 0.727. The van der Waals surface area contributed by atoms with E-state index in [1.807, 2.05) is 0 Å². The molecule has 2 aromatic rings. The monoisotopic (exact) mass is 278 g/mol. The van der Waals surface area contributed by atoms with Gasteiger partial charge in [-0.05, 0) is 25.0 Å². The van der Waals surface area contributed by atoms with Gasteiger partial charge in [-0.25, -0.2) is 0 Å². The van der Waals surface area contributed by atoms with Gasteiger partial charge in [0.25, 0.3) is 0 Å². The Morgan fingerprint density at radius 1 is 0.850 bits per heavy atom. The van der Waals surface area contributed by atoms with Crippen molar-refractivity contribution in [3.8, 4) is 0 Å². The third kappa shape index (κ3) is 2.76. The van der Waals surface area contributed by atoms with Gasteiger partial charge in [0.2, 0.25) is 0 Å². The standard InChI is InChI=1S/C19H19P/c1-16(17-10-8-9-11-17)20(18-12-4-2-5-13-18)19-14-6-3-7-15-19/h2-10,12-16H,11H2,1H3/t16-/m0/s1. The van der Waals surface area contributed by atoms with Crippen molar-refractivity contribution in [3.05, 3.63) is 84.5 Å². The SMILES string of the molecule is C[C@@H](C1=CC=CC1)P(c1ccccc1)c1ccccc1. The molecule has 20 heavy (non-hydrogen) atoms. The fourth-order valence-electron chi connectivity index (χ4n) is 2.71. The first-order valence-corrected chi connectivity index (χ1v) is 8.52. The van der Waals surface area contributed by atoms with E-state index in [2.05, 4.69) is 85.8 Å². The lowest BCUT2D eigenvalue weighted by molar-refractivity contribution is 1.06. The Kier molecular flexibility index (Phi) is 4.14. The zero-order valence-electron chi connectivity index (χ0n) is 11.7. The molecule has 0 fully saturated rings. The van der Waals surface area contributed by atoms with Gasteiger partial charge in [-0.3, -0.25) is 0 Å². The lowest BCUT2D eigenvalue weighted by atomic mass is 10.2. The molecule has 0 saturated heterocycles. The Labute approximate surface area is 122 Å². The number of rotatable bonds is 4. The van der Waals surface area contributed by atoms with Crippen molar-refractivity contribution in [2.24, 2.45) is 0 Å². The van der Waals surface area contributed by atoms with Gasteiger partial charge in [0.1, 0.15) is 0 Å². The Morgan fingerprint density at radius 3 is 1.85 bits per heavy atom. The van der Waals surface area contributed by atoms with Crippen molar-refractivity contribution in [2.45, 2.75) is 19.0 Å². The Morgan fingerprint density at radius 2 is 1.40 bits per heavy atom. The topological polar surface area (TPSA) is 0 Å². The fourth-order valence-corrected chi connectivity index (χ4v) is 5.42. The van der Waals surface area contributed by atoms with Crippen LogP contribution in [0.5, 0.6) is 0 Å². The predicted octanol–water partition coefficient (Wildman–Crippen LogP) is 4.39. The molecule has 0 radical (unpaired) electrons. The Balaban J connectivity index is 2.00.